The third-order valence-electron chi connectivity index (χ3n) is 3.98. The number of likely N-dealkylation sites (N-methyl/N-ethyl adjacent to an activating group) is 1. The molecular weight excluding hydrogens is 280 g/mol. The maximum atomic E-state index is 12.3. The Balaban J connectivity index is 1.62. The molecule has 0 spiro atoms. The number of piperazine rings is 1. The van der Waals surface area contributed by atoms with Crippen LogP contribution in [0.3, 0.4) is 0 Å². The number of thiophene rings is 1. The smallest absolute Gasteiger partial charge is 0.176 e. The number of benzene rings is 1. The third-order valence-corrected chi connectivity index (χ3v) is 4.89. The largest absolute Gasteiger partial charge is 0.304 e. The van der Waals surface area contributed by atoms with Crippen molar-refractivity contribution in [1.29, 1.82) is 0 Å². The van der Waals surface area contributed by atoms with E-state index in [0.717, 1.165) is 31.7 Å². The highest BCUT2D eigenvalue weighted by molar-refractivity contribution is 7.13. The molecule has 0 radical (unpaired) electrons. The molecule has 1 aliphatic heterocycles. The van der Waals surface area contributed by atoms with Crippen molar-refractivity contribution < 1.29 is 4.79 Å². The third kappa shape index (κ3) is 3.59. The summed E-state index contributed by atoms with van der Waals surface area (Å²) in [6.45, 7) is 4.59. The van der Waals surface area contributed by atoms with Gasteiger partial charge >= 0.3 is 0 Å². The van der Waals surface area contributed by atoms with E-state index < -0.39 is 0 Å². The van der Waals surface area contributed by atoms with Gasteiger partial charge in [-0.05, 0) is 24.1 Å². The fraction of sp³-hybridized carbons (Fsp3) is 0.353. The van der Waals surface area contributed by atoms with Crippen LogP contribution in [0, 0.1) is 0 Å². The number of nitrogens with zero attached hydrogens (tertiary/aromatic N) is 2. The van der Waals surface area contributed by atoms with Gasteiger partial charge < -0.3 is 4.90 Å². The van der Waals surface area contributed by atoms with Gasteiger partial charge in [0.25, 0.3) is 0 Å². The summed E-state index contributed by atoms with van der Waals surface area (Å²) in [5.41, 5.74) is 2.00. The summed E-state index contributed by atoms with van der Waals surface area (Å²) in [5.74, 6) is 0.220. The second kappa shape index (κ2) is 6.52. The maximum Gasteiger partial charge on any atom is 0.176 e. The Hall–Kier alpha value is -1.49. The van der Waals surface area contributed by atoms with Crippen LogP contribution in [0.1, 0.15) is 10.4 Å². The van der Waals surface area contributed by atoms with Crippen LogP contribution >= 0.6 is 11.3 Å². The molecule has 2 aromatic rings. The Morgan fingerprint density at radius 3 is 2.43 bits per heavy atom. The van der Waals surface area contributed by atoms with Gasteiger partial charge in [-0.25, -0.2) is 0 Å². The van der Waals surface area contributed by atoms with Crippen molar-refractivity contribution in [1.82, 2.24) is 9.80 Å². The average molecular weight is 300 g/mol. The van der Waals surface area contributed by atoms with Gasteiger partial charge in [0.05, 0.1) is 6.54 Å². The molecule has 0 bridgehead atoms. The first-order valence-corrected chi connectivity index (χ1v) is 8.18. The summed E-state index contributed by atoms with van der Waals surface area (Å²) in [6.07, 6.45) is 0. The van der Waals surface area contributed by atoms with E-state index in [1.54, 1.807) is 11.3 Å². The Bertz CT molecular complexity index is 584. The first-order chi connectivity index (χ1) is 10.2. The first-order valence-electron chi connectivity index (χ1n) is 7.30. The summed E-state index contributed by atoms with van der Waals surface area (Å²) >= 11 is 1.72. The molecule has 0 atom stereocenters. The normalized spacial score (nSPS) is 17.0. The standard InChI is InChI=1S/C17H20N2OS/c1-18-8-10-19(11-9-18)13-16(20)14-4-6-15(7-5-14)17-3-2-12-21-17/h2-7,12H,8-11,13H2,1H3. The Morgan fingerprint density at radius 1 is 1.10 bits per heavy atom. The molecule has 1 fully saturated rings. The van der Waals surface area contributed by atoms with Gasteiger partial charge in [-0.1, -0.05) is 30.3 Å². The minimum atomic E-state index is 0.220. The van der Waals surface area contributed by atoms with E-state index in [1.165, 1.54) is 10.4 Å². The van der Waals surface area contributed by atoms with Crippen molar-refractivity contribution in [3.05, 3.63) is 47.3 Å². The van der Waals surface area contributed by atoms with E-state index in [0.29, 0.717) is 6.54 Å². The van der Waals surface area contributed by atoms with Gasteiger partial charge in [0, 0.05) is 36.6 Å². The Kier molecular flexibility index (Phi) is 4.48. The lowest BCUT2D eigenvalue weighted by Crippen LogP contribution is -2.46. The van der Waals surface area contributed by atoms with Gasteiger partial charge in [-0.15, -0.1) is 11.3 Å². The molecule has 1 aromatic heterocycles. The second-order valence-corrected chi connectivity index (χ2v) is 6.50. The van der Waals surface area contributed by atoms with Crippen LogP contribution in [0.5, 0.6) is 0 Å². The first kappa shape index (κ1) is 14.4. The topological polar surface area (TPSA) is 23.6 Å². The van der Waals surface area contributed by atoms with E-state index in [-0.39, 0.29) is 5.78 Å². The summed E-state index contributed by atoms with van der Waals surface area (Å²) in [6, 6.07) is 12.1. The number of hydrogen-bond acceptors (Lipinski definition) is 4. The highest BCUT2D eigenvalue weighted by Gasteiger charge is 2.17. The summed E-state index contributed by atoms with van der Waals surface area (Å²) < 4.78 is 0. The molecule has 3 rings (SSSR count). The van der Waals surface area contributed by atoms with Crippen LogP contribution in [0.2, 0.25) is 0 Å². The highest BCUT2D eigenvalue weighted by Crippen LogP contribution is 2.24. The molecule has 21 heavy (non-hydrogen) atoms. The number of carbonyl (C=O) groups excluding carboxylic acids is 1. The van der Waals surface area contributed by atoms with Crippen LogP contribution in [-0.4, -0.2) is 55.4 Å². The fourth-order valence-electron chi connectivity index (χ4n) is 2.56. The summed E-state index contributed by atoms with van der Waals surface area (Å²) in [5, 5.41) is 2.07. The van der Waals surface area contributed by atoms with Crippen molar-refractivity contribution in [2.75, 3.05) is 39.8 Å². The molecule has 4 heteroatoms. The number of carbonyl (C=O) groups is 1. The van der Waals surface area contributed by atoms with E-state index in [2.05, 4.69) is 28.3 Å². The predicted octanol–water partition coefficient (Wildman–Crippen LogP) is 2.85. The van der Waals surface area contributed by atoms with Crippen molar-refractivity contribution >= 4 is 17.1 Å². The van der Waals surface area contributed by atoms with Crippen LogP contribution < -0.4 is 0 Å². The quantitative estimate of drug-likeness (QED) is 0.811. The molecule has 1 saturated heterocycles. The lowest BCUT2D eigenvalue weighted by atomic mass is 10.1. The monoisotopic (exact) mass is 300 g/mol. The van der Waals surface area contributed by atoms with Crippen molar-refractivity contribution in [2.45, 2.75) is 0 Å². The summed E-state index contributed by atoms with van der Waals surface area (Å²) in [4.78, 5) is 18.1. The Morgan fingerprint density at radius 2 is 1.81 bits per heavy atom. The van der Waals surface area contributed by atoms with Crippen LogP contribution in [-0.2, 0) is 0 Å². The lowest BCUT2D eigenvalue weighted by molar-refractivity contribution is 0.0876. The van der Waals surface area contributed by atoms with Gasteiger partial charge in [0.1, 0.15) is 0 Å². The fourth-order valence-corrected chi connectivity index (χ4v) is 3.30. The molecule has 0 saturated carbocycles. The second-order valence-electron chi connectivity index (χ2n) is 5.56. The molecular formula is C17H20N2OS. The van der Waals surface area contributed by atoms with Crippen molar-refractivity contribution in [3.8, 4) is 10.4 Å². The van der Waals surface area contributed by atoms with E-state index in [4.69, 9.17) is 0 Å². The molecule has 1 aromatic carbocycles. The van der Waals surface area contributed by atoms with Crippen molar-refractivity contribution in [2.24, 2.45) is 0 Å². The lowest BCUT2D eigenvalue weighted by Gasteiger charge is -2.31. The van der Waals surface area contributed by atoms with Crippen LogP contribution in [0.4, 0.5) is 0 Å². The molecule has 0 N–H and O–H groups in total. The molecule has 0 unspecified atom stereocenters. The van der Waals surface area contributed by atoms with E-state index in [9.17, 15) is 4.79 Å². The van der Waals surface area contributed by atoms with E-state index >= 15 is 0 Å². The van der Waals surface area contributed by atoms with Crippen LogP contribution in [0.15, 0.2) is 41.8 Å². The van der Waals surface area contributed by atoms with E-state index in [1.807, 2.05) is 30.3 Å². The number of Topliss-reactive ketones (excluding diaryl/α,β-unsaturated/α-hetero) is 1. The number of rotatable bonds is 4. The molecule has 0 aliphatic carbocycles. The zero-order chi connectivity index (χ0) is 14.7. The summed E-state index contributed by atoms with van der Waals surface area (Å²) in [7, 11) is 2.13. The maximum absolute atomic E-state index is 12.3. The average Bonchev–Trinajstić information content (AvgIpc) is 3.04. The van der Waals surface area contributed by atoms with Crippen molar-refractivity contribution in [3.63, 3.8) is 0 Å². The molecule has 110 valence electrons. The minimum Gasteiger partial charge on any atom is -0.304 e. The zero-order valence-electron chi connectivity index (χ0n) is 12.3. The Labute approximate surface area is 129 Å². The number of ketones is 1. The highest BCUT2D eigenvalue weighted by atomic mass is 32.1. The van der Waals surface area contributed by atoms with Gasteiger partial charge in [0.2, 0.25) is 0 Å². The minimum absolute atomic E-state index is 0.220. The predicted molar refractivity (Wildman–Crippen MR) is 88.0 cm³/mol. The van der Waals surface area contributed by atoms with Crippen LogP contribution in [0.25, 0.3) is 10.4 Å². The molecule has 2 heterocycles. The molecule has 3 nitrogen and oxygen atoms in total. The zero-order valence-corrected chi connectivity index (χ0v) is 13.1. The van der Waals surface area contributed by atoms with Gasteiger partial charge in [0.15, 0.2) is 5.78 Å². The molecule has 0 amide bonds. The van der Waals surface area contributed by atoms with Gasteiger partial charge in [-0.3, -0.25) is 9.69 Å². The SMILES string of the molecule is CN1CCN(CC(=O)c2ccc(-c3cccs3)cc2)CC1. The molecule has 1 aliphatic rings. The van der Waals surface area contributed by atoms with Gasteiger partial charge in [-0.2, -0.15) is 0 Å². The number of hydrogen-bond donors (Lipinski definition) is 0.